The van der Waals surface area contributed by atoms with Crippen LogP contribution in [0.2, 0.25) is 0 Å². The van der Waals surface area contributed by atoms with E-state index in [1.165, 1.54) is 4.90 Å². The van der Waals surface area contributed by atoms with Gasteiger partial charge in [0.2, 0.25) is 0 Å². The summed E-state index contributed by atoms with van der Waals surface area (Å²) in [7, 11) is 0. The van der Waals surface area contributed by atoms with Gasteiger partial charge in [0.25, 0.3) is 0 Å². The summed E-state index contributed by atoms with van der Waals surface area (Å²) in [5.41, 5.74) is -0.531. The number of hydrogen-bond donors (Lipinski definition) is 3. The molecule has 3 N–H and O–H groups in total. The first-order chi connectivity index (χ1) is 9.24. The number of carbonyl (C=O) groups is 1. The molecule has 2 unspecified atom stereocenters. The fraction of sp³-hybridized carbons (Fsp3) is 0.846. The Morgan fingerprint density at radius 3 is 2.50 bits per heavy atom. The fourth-order valence-corrected chi connectivity index (χ4v) is 2.35. The standard InChI is InChI=1S/C13H23N3O3S/c1-13(2,3)19-12(18)16-6-9(10(17)7-16)15-11(20)14-8-4-5-8/h8-10,17H,4-7H2,1-3H3,(H2,14,15,20). The molecule has 114 valence electrons. The lowest BCUT2D eigenvalue weighted by Crippen LogP contribution is -2.48. The molecule has 0 aromatic carbocycles. The van der Waals surface area contributed by atoms with Crippen molar-refractivity contribution in [2.45, 2.75) is 57.4 Å². The van der Waals surface area contributed by atoms with Crippen molar-refractivity contribution in [3.63, 3.8) is 0 Å². The van der Waals surface area contributed by atoms with Crippen molar-refractivity contribution in [3.05, 3.63) is 0 Å². The summed E-state index contributed by atoms with van der Waals surface area (Å²) in [5.74, 6) is 0. The number of β-amino-alcohol motifs (C(OH)–C–C–N with tert-alkyl or cyclic N) is 1. The summed E-state index contributed by atoms with van der Waals surface area (Å²) in [6.07, 6.45) is 1.24. The van der Waals surface area contributed by atoms with Gasteiger partial charge in [0.05, 0.1) is 18.7 Å². The Hall–Kier alpha value is -1.08. The second-order valence-electron chi connectivity index (χ2n) is 6.45. The molecule has 1 heterocycles. The first-order valence-electron chi connectivity index (χ1n) is 6.97. The molecule has 2 atom stereocenters. The highest BCUT2D eigenvalue weighted by molar-refractivity contribution is 7.80. The smallest absolute Gasteiger partial charge is 0.410 e. The van der Waals surface area contributed by atoms with Crippen LogP contribution in [0.15, 0.2) is 0 Å². The van der Waals surface area contributed by atoms with Crippen molar-refractivity contribution in [2.75, 3.05) is 13.1 Å². The molecule has 20 heavy (non-hydrogen) atoms. The molecular weight excluding hydrogens is 278 g/mol. The normalized spacial score (nSPS) is 26.3. The van der Waals surface area contributed by atoms with Gasteiger partial charge in [0.1, 0.15) is 5.60 Å². The van der Waals surface area contributed by atoms with Crippen LogP contribution in [0.3, 0.4) is 0 Å². The van der Waals surface area contributed by atoms with Gasteiger partial charge in [0.15, 0.2) is 5.11 Å². The summed E-state index contributed by atoms with van der Waals surface area (Å²) >= 11 is 5.18. The van der Waals surface area contributed by atoms with Gasteiger partial charge in [-0.3, -0.25) is 0 Å². The van der Waals surface area contributed by atoms with E-state index >= 15 is 0 Å². The van der Waals surface area contributed by atoms with Gasteiger partial charge >= 0.3 is 6.09 Å². The number of amides is 1. The van der Waals surface area contributed by atoms with E-state index in [4.69, 9.17) is 17.0 Å². The number of nitrogens with zero attached hydrogens (tertiary/aromatic N) is 1. The molecule has 1 saturated heterocycles. The number of carbonyl (C=O) groups excluding carboxylic acids is 1. The Labute approximate surface area is 124 Å². The maximum Gasteiger partial charge on any atom is 0.410 e. The molecule has 7 heteroatoms. The van der Waals surface area contributed by atoms with Crippen molar-refractivity contribution in [1.29, 1.82) is 0 Å². The van der Waals surface area contributed by atoms with E-state index in [0.717, 1.165) is 12.8 Å². The lowest BCUT2D eigenvalue weighted by molar-refractivity contribution is 0.0270. The van der Waals surface area contributed by atoms with Crippen molar-refractivity contribution in [3.8, 4) is 0 Å². The molecule has 0 aromatic heterocycles. The minimum atomic E-state index is -0.638. The Morgan fingerprint density at radius 2 is 1.95 bits per heavy atom. The number of nitrogens with one attached hydrogen (secondary N) is 2. The Morgan fingerprint density at radius 1 is 1.30 bits per heavy atom. The van der Waals surface area contributed by atoms with Crippen molar-refractivity contribution < 1.29 is 14.6 Å². The van der Waals surface area contributed by atoms with E-state index in [1.54, 1.807) is 0 Å². The summed E-state index contributed by atoms with van der Waals surface area (Å²) in [6, 6.07) is 0.219. The summed E-state index contributed by atoms with van der Waals surface area (Å²) in [4.78, 5) is 13.4. The number of thiocarbonyl (C=S) groups is 1. The summed E-state index contributed by atoms with van der Waals surface area (Å²) in [5, 5.41) is 16.8. The Bertz CT molecular complexity index is 393. The molecule has 0 bridgehead atoms. The monoisotopic (exact) mass is 301 g/mol. The predicted molar refractivity (Wildman–Crippen MR) is 79.5 cm³/mol. The summed E-state index contributed by atoms with van der Waals surface area (Å²) in [6.45, 7) is 6.12. The van der Waals surface area contributed by atoms with Gasteiger partial charge in [-0.15, -0.1) is 0 Å². The second kappa shape index (κ2) is 5.73. The van der Waals surface area contributed by atoms with Gasteiger partial charge in [-0.05, 0) is 45.8 Å². The molecule has 1 aliphatic carbocycles. The highest BCUT2D eigenvalue weighted by Gasteiger charge is 2.36. The van der Waals surface area contributed by atoms with Crippen molar-refractivity contribution in [1.82, 2.24) is 15.5 Å². The van der Waals surface area contributed by atoms with Crippen LogP contribution in [0.1, 0.15) is 33.6 Å². The summed E-state index contributed by atoms with van der Waals surface area (Å²) < 4.78 is 5.30. The molecule has 2 fully saturated rings. The van der Waals surface area contributed by atoms with E-state index in [1.807, 2.05) is 20.8 Å². The third kappa shape index (κ3) is 4.49. The van der Waals surface area contributed by atoms with Gasteiger partial charge in [-0.25, -0.2) is 4.79 Å². The highest BCUT2D eigenvalue weighted by atomic mass is 32.1. The van der Waals surface area contributed by atoms with Crippen LogP contribution < -0.4 is 10.6 Å². The quantitative estimate of drug-likeness (QED) is 0.649. The first kappa shape index (κ1) is 15.3. The minimum Gasteiger partial charge on any atom is -0.444 e. The molecular formula is C13H23N3O3S. The Balaban J connectivity index is 1.81. The van der Waals surface area contributed by atoms with Crippen LogP contribution in [-0.2, 0) is 4.74 Å². The van der Waals surface area contributed by atoms with Crippen molar-refractivity contribution in [2.24, 2.45) is 0 Å². The lowest BCUT2D eigenvalue weighted by atomic mass is 10.2. The van der Waals surface area contributed by atoms with Crippen LogP contribution in [0.5, 0.6) is 0 Å². The zero-order valence-corrected chi connectivity index (χ0v) is 13.0. The third-order valence-corrected chi connectivity index (χ3v) is 3.41. The molecule has 0 radical (unpaired) electrons. The molecule has 1 saturated carbocycles. The molecule has 6 nitrogen and oxygen atoms in total. The van der Waals surface area contributed by atoms with E-state index in [-0.39, 0.29) is 12.6 Å². The molecule has 1 amide bonds. The first-order valence-corrected chi connectivity index (χ1v) is 7.38. The van der Waals surface area contributed by atoms with E-state index in [2.05, 4.69) is 10.6 Å². The third-order valence-electron chi connectivity index (χ3n) is 3.17. The average molecular weight is 301 g/mol. The van der Waals surface area contributed by atoms with Gasteiger partial charge < -0.3 is 25.4 Å². The Kier molecular flexibility index (Phi) is 4.39. The maximum absolute atomic E-state index is 11.9. The number of hydrogen-bond acceptors (Lipinski definition) is 4. The van der Waals surface area contributed by atoms with Gasteiger partial charge in [-0.2, -0.15) is 0 Å². The van der Waals surface area contributed by atoms with Crippen molar-refractivity contribution >= 4 is 23.4 Å². The van der Waals surface area contributed by atoms with E-state index < -0.39 is 17.8 Å². The fourth-order valence-electron chi connectivity index (χ4n) is 2.03. The van der Waals surface area contributed by atoms with Gasteiger partial charge in [0, 0.05) is 12.6 Å². The number of likely N-dealkylation sites (tertiary alicyclic amines) is 1. The highest BCUT2D eigenvalue weighted by Crippen LogP contribution is 2.19. The molecule has 1 aliphatic heterocycles. The zero-order chi connectivity index (χ0) is 14.9. The number of ether oxygens (including phenoxy) is 1. The SMILES string of the molecule is CC(C)(C)OC(=O)N1CC(O)C(NC(=S)NC2CC2)C1. The minimum absolute atomic E-state index is 0.249. The zero-order valence-electron chi connectivity index (χ0n) is 12.2. The van der Waals surface area contributed by atoms with E-state index in [0.29, 0.717) is 17.7 Å². The molecule has 2 rings (SSSR count). The molecule has 2 aliphatic rings. The lowest BCUT2D eigenvalue weighted by Gasteiger charge is -2.24. The van der Waals surface area contributed by atoms with Crippen LogP contribution >= 0.6 is 12.2 Å². The number of aliphatic hydroxyl groups is 1. The second-order valence-corrected chi connectivity index (χ2v) is 6.86. The molecule has 0 spiro atoms. The van der Waals surface area contributed by atoms with Crippen LogP contribution in [0, 0.1) is 0 Å². The number of aliphatic hydroxyl groups excluding tert-OH is 1. The topological polar surface area (TPSA) is 73.8 Å². The number of rotatable bonds is 2. The van der Waals surface area contributed by atoms with Crippen LogP contribution in [0.4, 0.5) is 4.79 Å². The average Bonchev–Trinajstić information content (AvgIpc) is 3.01. The van der Waals surface area contributed by atoms with Crippen LogP contribution in [-0.4, -0.2) is 58.1 Å². The predicted octanol–water partition coefficient (Wildman–Crippen LogP) is 0.593. The molecule has 0 aromatic rings. The van der Waals surface area contributed by atoms with Gasteiger partial charge in [-0.1, -0.05) is 0 Å². The maximum atomic E-state index is 11.9. The van der Waals surface area contributed by atoms with Crippen LogP contribution in [0.25, 0.3) is 0 Å². The largest absolute Gasteiger partial charge is 0.444 e. The van der Waals surface area contributed by atoms with E-state index in [9.17, 15) is 9.90 Å².